The van der Waals surface area contributed by atoms with Crippen LogP contribution in [-0.2, 0) is 13.2 Å². The number of hydrogen-bond donors (Lipinski definition) is 1. The summed E-state index contributed by atoms with van der Waals surface area (Å²) in [5.41, 5.74) is 1.74. The molecule has 0 saturated heterocycles. The van der Waals surface area contributed by atoms with Crippen LogP contribution < -0.4 is 10.1 Å². The molecule has 2 rings (SSSR count). The third-order valence-corrected chi connectivity index (χ3v) is 3.84. The lowest BCUT2D eigenvalue weighted by atomic mass is 10.2. The van der Waals surface area contributed by atoms with E-state index in [-0.39, 0.29) is 6.61 Å². The van der Waals surface area contributed by atoms with Crippen LogP contribution in [-0.4, -0.2) is 7.05 Å². The molecule has 0 aliphatic rings. The Bertz CT molecular complexity index is 581. The molecule has 0 bridgehead atoms. The van der Waals surface area contributed by atoms with Crippen LogP contribution in [0.15, 0.2) is 36.4 Å². The second kappa shape index (κ2) is 7.19. The van der Waals surface area contributed by atoms with Crippen molar-refractivity contribution >= 4 is 34.8 Å². The zero-order valence-electron chi connectivity index (χ0n) is 10.9. The first kappa shape index (κ1) is 15.5. The normalized spacial score (nSPS) is 10.6. The molecular weight excluding hydrogens is 317 g/mol. The average molecular weight is 331 g/mol. The lowest BCUT2D eigenvalue weighted by molar-refractivity contribution is 0.303. The van der Waals surface area contributed by atoms with Gasteiger partial charge in [0.25, 0.3) is 0 Å². The zero-order chi connectivity index (χ0) is 14.5. The highest BCUT2D eigenvalue weighted by molar-refractivity contribution is 6.36. The Balaban J connectivity index is 2.23. The second-order valence-corrected chi connectivity index (χ2v) is 5.47. The quantitative estimate of drug-likeness (QED) is 0.838. The maximum atomic E-state index is 6.19. The molecule has 106 valence electrons. The van der Waals surface area contributed by atoms with Gasteiger partial charge in [0, 0.05) is 27.7 Å². The van der Waals surface area contributed by atoms with Gasteiger partial charge in [-0.1, -0.05) is 53.0 Å². The smallest absolute Gasteiger partial charge is 0.142 e. The molecule has 0 heterocycles. The fourth-order valence-corrected chi connectivity index (χ4v) is 2.61. The van der Waals surface area contributed by atoms with Gasteiger partial charge in [-0.15, -0.1) is 0 Å². The summed E-state index contributed by atoms with van der Waals surface area (Å²) < 4.78 is 5.83. The summed E-state index contributed by atoms with van der Waals surface area (Å²) in [4.78, 5) is 0. The molecule has 0 aliphatic carbocycles. The van der Waals surface area contributed by atoms with E-state index in [0.717, 1.165) is 11.1 Å². The molecule has 0 radical (unpaired) electrons. The Hall–Kier alpha value is -0.930. The molecule has 0 fully saturated rings. The second-order valence-electron chi connectivity index (χ2n) is 4.25. The van der Waals surface area contributed by atoms with Crippen LogP contribution in [0.5, 0.6) is 5.75 Å². The van der Waals surface area contributed by atoms with Gasteiger partial charge >= 0.3 is 0 Å². The third-order valence-electron chi connectivity index (χ3n) is 2.84. The van der Waals surface area contributed by atoms with Gasteiger partial charge in [-0.05, 0) is 25.2 Å². The molecule has 2 nitrogen and oxygen atoms in total. The number of hydrogen-bond acceptors (Lipinski definition) is 2. The maximum absolute atomic E-state index is 6.19. The highest BCUT2D eigenvalue weighted by Crippen LogP contribution is 2.31. The fraction of sp³-hybridized carbons (Fsp3) is 0.200. The summed E-state index contributed by atoms with van der Waals surface area (Å²) in [7, 11) is 1.87. The highest BCUT2D eigenvalue weighted by atomic mass is 35.5. The molecule has 2 aromatic rings. The van der Waals surface area contributed by atoms with Crippen molar-refractivity contribution in [1.82, 2.24) is 5.32 Å². The van der Waals surface area contributed by atoms with Crippen LogP contribution in [0.2, 0.25) is 15.1 Å². The molecule has 5 heteroatoms. The van der Waals surface area contributed by atoms with Crippen molar-refractivity contribution in [2.24, 2.45) is 0 Å². The largest absolute Gasteiger partial charge is 0.487 e. The predicted molar refractivity (Wildman–Crippen MR) is 85.0 cm³/mol. The van der Waals surface area contributed by atoms with Crippen molar-refractivity contribution in [1.29, 1.82) is 0 Å². The molecule has 0 unspecified atom stereocenters. The minimum atomic E-state index is 0.277. The van der Waals surface area contributed by atoms with Crippen molar-refractivity contribution in [3.05, 3.63) is 62.6 Å². The Kier molecular flexibility index (Phi) is 5.55. The predicted octanol–water partition coefficient (Wildman–Crippen LogP) is 4.95. The van der Waals surface area contributed by atoms with E-state index in [0.29, 0.717) is 27.4 Å². The van der Waals surface area contributed by atoms with E-state index in [1.807, 2.05) is 19.2 Å². The van der Waals surface area contributed by atoms with Crippen LogP contribution in [0, 0.1) is 0 Å². The molecule has 0 amide bonds. The van der Waals surface area contributed by atoms with Gasteiger partial charge in [0.15, 0.2) is 0 Å². The van der Waals surface area contributed by atoms with Crippen molar-refractivity contribution in [2.75, 3.05) is 7.05 Å². The van der Waals surface area contributed by atoms with Crippen LogP contribution in [0.3, 0.4) is 0 Å². The molecular formula is C15H14Cl3NO. The summed E-state index contributed by atoms with van der Waals surface area (Å²) in [6.45, 7) is 0.950. The van der Waals surface area contributed by atoms with Gasteiger partial charge in [-0.2, -0.15) is 0 Å². The number of para-hydroxylation sites is 1. The topological polar surface area (TPSA) is 21.3 Å². The van der Waals surface area contributed by atoms with Crippen molar-refractivity contribution in [3.8, 4) is 5.75 Å². The standard InChI is InChI=1S/C15H14Cl3NO/c1-19-8-10-4-2-7-14(18)15(10)20-9-11-12(16)5-3-6-13(11)17/h2-7,19H,8-9H2,1H3. The summed E-state index contributed by atoms with van der Waals surface area (Å²) in [5, 5.41) is 4.82. The summed E-state index contributed by atoms with van der Waals surface area (Å²) in [6, 6.07) is 11.0. The summed E-state index contributed by atoms with van der Waals surface area (Å²) in [5.74, 6) is 0.652. The number of benzene rings is 2. The molecule has 0 saturated carbocycles. The maximum Gasteiger partial charge on any atom is 0.142 e. The monoisotopic (exact) mass is 329 g/mol. The first-order valence-corrected chi connectivity index (χ1v) is 7.24. The SMILES string of the molecule is CNCc1cccc(Cl)c1OCc1c(Cl)cccc1Cl. The minimum absolute atomic E-state index is 0.277. The van der Waals surface area contributed by atoms with E-state index in [9.17, 15) is 0 Å². The van der Waals surface area contributed by atoms with Crippen molar-refractivity contribution < 1.29 is 4.74 Å². The van der Waals surface area contributed by atoms with Crippen LogP contribution in [0.25, 0.3) is 0 Å². The van der Waals surface area contributed by atoms with Gasteiger partial charge in [0.05, 0.1) is 5.02 Å². The first-order chi connectivity index (χ1) is 9.63. The Labute approximate surface area is 133 Å². The lowest BCUT2D eigenvalue weighted by Crippen LogP contribution is -2.08. The Morgan fingerprint density at radius 1 is 0.950 bits per heavy atom. The molecule has 1 N–H and O–H groups in total. The molecule has 0 aliphatic heterocycles. The number of ether oxygens (including phenoxy) is 1. The van der Waals surface area contributed by atoms with Gasteiger partial charge in [0.1, 0.15) is 12.4 Å². The Morgan fingerprint density at radius 2 is 1.55 bits per heavy atom. The van der Waals surface area contributed by atoms with Crippen molar-refractivity contribution in [3.63, 3.8) is 0 Å². The zero-order valence-corrected chi connectivity index (χ0v) is 13.2. The number of rotatable bonds is 5. The van der Waals surface area contributed by atoms with Gasteiger partial charge in [0.2, 0.25) is 0 Å². The molecule has 0 spiro atoms. The fourth-order valence-electron chi connectivity index (χ4n) is 1.86. The van der Waals surface area contributed by atoms with E-state index in [1.54, 1.807) is 24.3 Å². The van der Waals surface area contributed by atoms with E-state index < -0.39 is 0 Å². The van der Waals surface area contributed by atoms with E-state index in [2.05, 4.69) is 5.32 Å². The van der Waals surface area contributed by atoms with E-state index in [4.69, 9.17) is 39.5 Å². The first-order valence-electron chi connectivity index (χ1n) is 6.11. The minimum Gasteiger partial charge on any atom is -0.487 e. The summed E-state index contributed by atoms with van der Waals surface area (Å²) >= 11 is 18.4. The molecule has 0 atom stereocenters. The lowest BCUT2D eigenvalue weighted by Gasteiger charge is -2.14. The van der Waals surface area contributed by atoms with Crippen LogP contribution >= 0.6 is 34.8 Å². The third kappa shape index (κ3) is 3.58. The molecule has 0 aromatic heterocycles. The van der Waals surface area contributed by atoms with Gasteiger partial charge in [-0.25, -0.2) is 0 Å². The van der Waals surface area contributed by atoms with Crippen LogP contribution in [0.4, 0.5) is 0 Å². The highest BCUT2D eigenvalue weighted by Gasteiger charge is 2.11. The molecule has 20 heavy (non-hydrogen) atoms. The Morgan fingerprint density at radius 3 is 2.20 bits per heavy atom. The van der Waals surface area contributed by atoms with Gasteiger partial charge < -0.3 is 10.1 Å². The van der Waals surface area contributed by atoms with Crippen molar-refractivity contribution in [2.45, 2.75) is 13.2 Å². The van der Waals surface area contributed by atoms with E-state index in [1.165, 1.54) is 0 Å². The van der Waals surface area contributed by atoms with Gasteiger partial charge in [-0.3, -0.25) is 0 Å². The average Bonchev–Trinajstić information content (AvgIpc) is 2.41. The van der Waals surface area contributed by atoms with Crippen LogP contribution in [0.1, 0.15) is 11.1 Å². The molecule has 2 aromatic carbocycles. The number of halogens is 3. The number of nitrogens with one attached hydrogen (secondary N) is 1. The van der Waals surface area contributed by atoms with E-state index >= 15 is 0 Å². The summed E-state index contributed by atoms with van der Waals surface area (Å²) in [6.07, 6.45) is 0.